The third kappa shape index (κ3) is 4.89. The molecule has 3 unspecified atom stereocenters. The highest BCUT2D eigenvalue weighted by molar-refractivity contribution is 5.66. The number of unbranched alkanes of at least 4 members (excludes halogenated alkanes) is 1. The zero-order valence-electron chi connectivity index (χ0n) is 20.1. The fourth-order valence-corrected chi connectivity index (χ4v) is 5.85. The van der Waals surface area contributed by atoms with Crippen LogP contribution in [0.1, 0.15) is 70.8 Å². The Morgan fingerprint density at radius 1 is 0.824 bits per heavy atom. The Hall–Kier alpha value is -2.30. The first kappa shape index (κ1) is 24.8. The lowest BCUT2D eigenvalue weighted by molar-refractivity contribution is 0.289. The Morgan fingerprint density at radius 2 is 1.56 bits per heavy atom. The van der Waals surface area contributed by atoms with Gasteiger partial charge in [0, 0.05) is 11.1 Å². The van der Waals surface area contributed by atoms with Crippen molar-refractivity contribution in [1.29, 1.82) is 0 Å². The van der Waals surface area contributed by atoms with Crippen LogP contribution in [-0.2, 0) is 6.42 Å². The summed E-state index contributed by atoms with van der Waals surface area (Å²) in [4.78, 5) is 0. The summed E-state index contributed by atoms with van der Waals surface area (Å²) < 4.78 is 64.3. The van der Waals surface area contributed by atoms with Crippen LogP contribution >= 0.6 is 0 Å². The van der Waals surface area contributed by atoms with E-state index >= 15 is 0 Å². The molecule has 1 nitrogen and oxygen atoms in total. The van der Waals surface area contributed by atoms with Gasteiger partial charge in [0.25, 0.3) is 0 Å². The van der Waals surface area contributed by atoms with Crippen LogP contribution in [0, 0.1) is 41.0 Å². The molecule has 2 aliphatic rings. The van der Waals surface area contributed by atoms with Gasteiger partial charge in [-0.25, -0.2) is 13.2 Å². The molecular weight excluding hydrogens is 440 g/mol. The molecule has 5 heteroatoms. The molecule has 1 saturated carbocycles. The molecule has 0 spiro atoms. The molecule has 3 atom stereocenters. The van der Waals surface area contributed by atoms with Crippen LogP contribution in [0.25, 0.3) is 11.1 Å². The number of aryl methyl sites for hydroxylation is 1. The minimum absolute atomic E-state index is 0.217. The van der Waals surface area contributed by atoms with Gasteiger partial charge in [0.15, 0.2) is 23.2 Å². The van der Waals surface area contributed by atoms with Crippen molar-refractivity contribution in [2.45, 2.75) is 71.6 Å². The summed E-state index contributed by atoms with van der Waals surface area (Å²) in [6, 6.07) is 5.39. The molecule has 0 aliphatic heterocycles. The van der Waals surface area contributed by atoms with Crippen LogP contribution in [0.4, 0.5) is 17.6 Å². The highest BCUT2D eigenvalue weighted by Gasteiger charge is 2.39. The maximum Gasteiger partial charge on any atom is 0.201 e. The first-order valence-corrected chi connectivity index (χ1v) is 12.7. The second-order valence-corrected chi connectivity index (χ2v) is 9.75. The number of fused-ring (bicyclic) bond motifs is 1. The van der Waals surface area contributed by atoms with E-state index < -0.39 is 23.3 Å². The average Bonchev–Trinajstić information content (AvgIpc) is 3.42. The average molecular weight is 475 g/mol. The van der Waals surface area contributed by atoms with Gasteiger partial charge in [0.1, 0.15) is 0 Å². The Bertz CT molecular complexity index is 1040. The fourth-order valence-electron chi connectivity index (χ4n) is 5.85. The molecule has 184 valence electrons. The van der Waals surface area contributed by atoms with Gasteiger partial charge >= 0.3 is 0 Å². The lowest BCUT2D eigenvalue weighted by Gasteiger charge is -2.20. The topological polar surface area (TPSA) is 9.23 Å². The Labute approximate surface area is 200 Å². The van der Waals surface area contributed by atoms with E-state index in [4.69, 9.17) is 4.74 Å². The second-order valence-electron chi connectivity index (χ2n) is 9.75. The first-order chi connectivity index (χ1) is 16.5. The summed E-state index contributed by atoms with van der Waals surface area (Å²) in [5, 5.41) is 0. The predicted octanol–water partition coefficient (Wildman–Crippen LogP) is 8.79. The maximum absolute atomic E-state index is 15.0. The molecule has 2 aromatic rings. The second kappa shape index (κ2) is 11.0. The van der Waals surface area contributed by atoms with Gasteiger partial charge in [-0.3, -0.25) is 0 Å². The number of ether oxygens (including phenoxy) is 1. The van der Waals surface area contributed by atoms with Gasteiger partial charge in [-0.05, 0) is 80.4 Å². The number of hydrogen-bond donors (Lipinski definition) is 0. The molecule has 0 N–H and O–H groups in total. The number of halogens is 4. The zero-order chi connectivity index (χ0) is 24.2. The summed E-state index contributed by atoms with van der Waals surface area (Å²) in [6.07, 6.45) is 11.0. The highest BCUT2D eigenvalue weighted by atomic mass is 19.2. The van der Waals surface area contributed by atoms with Crippen molar-refractivity contribution >= 4 is 0 Å². The molecule has 4 rings (SSSR count). The standard InChI is InChI=1S/C29H34F4O/c1-3-5-17-34-25-16-15-24(28(32)29(25)33)23-14-11-20(26(30)27(23)31)8-7-19-10-13-21-18(6-4-2)9-12-22(19)21/h9,11,14-16,19,21-22H,3-8,10,12-13,17H2,1-2H3. The normalized spacial score (nSPS) is 21.6. The molecule has 0 amide bonds. The Kier molecular flexibility index (Phi) is 8.00. The predicted molar refractivity (Wildman–Crippen MR) is 128 cm³/mol. The van der Waals surface area contributed by atoms with E-state index in [9.17, 15) is 17.6 Å². The molecule has 0 saturated heterocycles. The SMILES string of the molecule is CCCCOc1ccc(-c2ccc(CCC3CCC4C(CCC)=CCC34)c(F)c2F)c(F)c1F. The van der Waals surface area contributed by atoms with Gasteiger partial charge in [0.2, 0.25) is 5.82 Å². The largest absolute Gasteiger partial charge is 0.490 e. The van der Waals surface area contributed by atoms with Crippen molar-refractivity contribution in [2.24, 2.45) is 17.8 Å². The van der Waals surface area contributed by atoms with Gasteiger partial charge in [-0.15, -0.1) is 0 Å². The van der Waals surface area contributed by atoms with Gasteiger partial charge in [-0.1, -0.05) is 50.5 Å². The van der Waals surface area contributed by atoms with Crippen molar-refractivity contribution < 1.29 is 22.3 Å². The summed E-state index contributed by atoms with van der Waals surface area (Å²) in [7, 11) is 0. The van der Waals surface area contributed by atoms with E-state index in [1.54, 1.807) is 5.57 Å². The van der Waals surface area contributed by atoms with Crippen molar-refractivity contribution in [3.63, 3.8) is 0 Å². The minimum Gasteiger partial charge on any atom is -0.490 e. The van der Waals surface area contributed by atoms with Crippen LogP contribution in [0.15, 0.2) is 35.9 Å². The van der Waals surface area contributed by atoms with Crippen LogP contribution in [-0.4, -0.2) is 6.61 Å². The number of rotatable bonds is 10. The van der Waals surface area contributed by atoms with Crippen molar-refractivity contribution in [3.05, 3.63) is 64.7 Å². The fraction of sp³-hybridized carbons (Fsp3) is 0.517. The molecule has 0 bridgehead atoms. The number of allylic oxidation sites excluding steroid dienone is 2. The molecule has 1 fully saturated rings. The van der Waals surface area contributed by atoms with Crippen LogP contribution in [0.2, 0.25) is 0 Å². The van der Waals surface area contributed by atoms with Crippen molar-refractivity contribution in [1.82, 2.24) is 0 Å². The maximum atomic E-state index is 15.0. The van der Waals surface area contributed by atoms with Crippen LogP contribution < -0.4 is 4.74 Å². The summed E-state index contributed by atoms with van der Waals surface area (Å²) >= 11 is 0. The molecule has 0 aromatic heterocycles. The molecule has 0 heterocycles. The zero-order valence-corrected chi connectivity index (χ0v) is 20.1. The lowest BCUT2D eigenvalue weighted by atomic mass is 9.85. The highest BCUT2D eigenvalue weighted by Crippen LogP contribution is 2.50. The summed E-state index contributed by atoms with van der Waals surface area (Å²) in [5.41, 5.74) is 1.31. The van der Waals surface area contributed by atoms with Gasteiger partial charge < -0.3 is 4.74 Å². The Morgan fingerprint density at radius 3 is 2.29 bits per heavy atom. The third-order valence-corrected chi connectivity index (χ3v) is 7.68. The van der Waals surface area contributed by atoms with E-state index in [-0.39, 0.29) is 23.5 Å². The molecule has 2 aliphatic carbocycles. The summed E-state index contributed by atoms with van der Waals surface area (Å²) in [5.74, 6) is -2.91. The number of benzene rings is 2. The molecule has 0 radical (unpaired) electrons. The van der Waals surface area contributed by atoms with E-state index in [1.807, 2.05) is 6.92 Å². The molecule has 34 heavy (non-hydrogen) atoms. The Balaban J connectivity index is 1.45. The molecular formula is C29H34F4O. The number of hydrogen-bond acceptors (Lipinski definition) is 1. The minimum atomic E-state index is -1.23. The molecule has 2 aromatic carbocycles. The first-order valence-electron chi connectivity index (χ1n) is 12.7. The van der Waals surface area contributed by atoms with Gasteiger partial charge in [0.05, 0.1) is 6.61 Å². The summed E-state index contributed by atoms with van der Waals surface area (Å²) in [6.45, 7) is 4.43. The van der Waals surface area contributed by atoms with Crippen LogP contribution in [0.5, 0.6) is 5.75 Å². The third-order valence-electron chi connectivity index (χ3n) is 7.68. The monoisotopic (exact) mass is 474 g/mol. The van der Waals surface area contributed by atoms with Crippen LogP contribution in [0.3, 0.4) is 0 Å². The smallest absolute Gasteiger partial charge is 0.201 e. The van der Waals surface area contributed by atoms with E-state index in [0.717, 1.165) is 38.5 Å². The van der Waals surface area contributed by atoms with E-state index in [1.165, 1.54) is 30.7 Å². The lowest BCUT2D eigenvalue weighted by Crippen LogP contribution is -2.13. The van der Waals surface area contributed by atoms with Gasteiger partial charge in [-0.2, -0.15) is 4.39 Å². The van der Waals surface area contributed by atoms with E-state index in [0.29, 0.717) is 36.2 Å². The van der Waals surface area contributed by atoms with Crippen molar-refractivity contribution in [2.75, 3.05) is 6.61 Å². The van der Waals surface area contributed by atoms with E-state index in [2.05, 4.69) is 13.0 Å². The quantitative estimate of drug-likeness (QED) is 0.190. The van der Waals surface area contributed by atoms with Crippen molar-refractivity contribution in [3.8, 4) is 16.9 Å².